The Morgan fingerprint density at radius 2 is 1.41 bits per heavy atom. The van der Waals surface area contributed by atoms with Crippen LogP contribution in [0.25, 0.3) is 0 Å². The summed E-state index contributed by atoms with van der Waals surface area (Å²) in [6.45, 7) is 5.70. The molecule has 0 bridgehead atoms. The quantitative estimate of drug-likeness (QED) is 0.392. The van der Waals surface area contributed by atoms with Gasteiger partial charge in [-0.15, -0.1) is 0 Å². The Morgan fingerprint density at radius 3 is 1.77 bits per heavy atom. The average Bonchev–Trinajstić information content (AvgIpc) is 2.55. The highest BCUT2D eigenvalue weighted by molar-refractivity contribution is 7.80. The van der Waals surface area contributed by atoms with Crippen LogP contribution in [-0.2, 0) is 4.57 Å². The molecule has 2 aromatic rings. The van der Waals surface area contributed by atoms with Crippen LogP contribution in [-0.4, -0.2) is 16.1 Å². The molecular weight excluding hydrogens is 293 g/mol. The van der Waals surface area contributed by atoms with Crippen LogP contribution in [0.15, 0.2) is 65.8 Å². The van der Waals surface area contributed by atoms with Crippen molar-refractivity contribution in [2.75, 3.05) is 0 Å². The largest absolute Gasteiger partial charge is 0.411 e. The minimum atomic E-state index is -2.89. The summed E-state index contributed by atoms with van der Waals surface area (Å²) in [5.74, 6) is 0. The first kappa shape index (κ1) is 16.5. The van der Waals surface area contributed by atoms with E-state index in [2.05, 4.69) is 5.16 Å². The van der Waals surface area contributed by atoms with Gasteiger partial charge in [0.05, 0.1) is 5.71 Å². The fourth-order valence-electron chi connectivity index (χ4n) is 2.90. The zero-order valence-electron chi connectivity index (χ0n) is 13.2. The van der Waals surface area contributed by atoms with Crippen molar-refractivity contribution in [1.29, 1.82) is 0 Å². The van der Waals surface area contributed by atoms with Gasteiger partial charge in [-0.25, -0.2) is 0 Å². The maximum absolute atomic E-state index is 14.2. The first-order valence-electron chi connectivity index (χ1n) is 7.31. The Balaban J connectivity index is 2.64. The third-order valence-electron chi connectivity index (χ3n) is 3.95. The molecule has 3 nitrogen and oxygen atoms in total. The molecule has 2 aromatic carbocycles. The molecule has 1 N–H and O–H groups in total. The van der Waals surface area contributed by atoms with Crippen molar-refractivity contribution >= 4 is 23.5 Å². The van der Waals surface area contributed by atoms with E-state index in [9.17, 15) is 4.57 Å². The zero-order chi connectivity index (χ0) is 16.2. The highest BCUT2D eigenvalue weighted by Gasteiger charge is 2.43. The van der Waals surface area contributed by atoms with Crippen molar-refractivity contribution in [2.45, 2.75) is 32.3 Å². The van der Waals surface area contributed by atoms with Crippen molar-refractivity contribution in [3.8, 4) is 0 Å². The Hall–Kier alpha value is -1.86. The molecule has 0 aliphatic carbocycles. The standard InChI is InChI=1S/C18H22NO2P/c1-15(19-20)14-18(2,3)22(21,16-10-6-4-7-11-16)17-12-8-5-9-13-17/h4-13,20H,14H2,1-3H3. The molecule has 0 saturated carbocycles. The lowest BCUT2D eigenvalue weighted by Crippen LogP contribution is -2.34. The average molecular weight is 315 g/mol. The lowest BCUT2D eigenvalue weighted by molar-refractivity contribution is 0.316. The predicted octanol–water partition coefficient (Wildman–Crippen LogP) is 4.02. The first-order valence-corrected chi connectivity index (χ1v) is 9.01. The molecule has 0 aromatic heterocycles. The van der Waals surface area contributed by atoms with Crippen molar-refractivity contribution in [1.82, 2.24) is 0 Å². The number of nitrogens with zero attached hydrogens (tertiary/aromatic N) is 1. The third-order valence-corrected chi connectivity index (χ3v) is 7.86. The normalized spacial score (nSPS) is 13.1. The van der Waals surface area contributed by atoms with E-state index in [0.717, 1.165) is 10.6 Å². The topological polar surface area (TPSA) is 49.7 Å². The van der Waals surface area contributed by atoms with E-state index < -0.39 is 12.3 Å². The van der Waals surface area contributed by atoms with Crippen molar-refractivity contribution in [3.63, 3.8) is 0 Å². The Bertz CT molecular complexity index is 650. The number of oxime groups is 1. The van der Waals surface area contributed by atoms with Crippen LogP contribution >= 0.6 is 7.14 Å². The second-order valence-corrected chi connectivity index (χ2v) is 9.57. The molecule has 0 saturated heterocycles. The van der Waals surface area contributed by atoms with E-state index >= 15 is 0 Å². The molecule has 0 radical (unpaired) electrons. The molecule has 2 rings (SSSR count). The monoisotopic (exact) mass is 315 g/mol. The van der Waals surface area contributed by atoms with Gasteiger partial charge in [0.25, 0.3) is 0 Å². The van der Waals surface area contributed by atoms with Gasteiger partial charge >= 0.3 is 0 Å². The summed E-state index contributed by atoms with van der Waals surface area (Å²) in [5, 5.41) is 13.4. The molecule has 22 heavy (non-hydrogen) atoms. The van der Waals surface area contributed by atoms with Gasteiger partial charge in [0.15, 0.2) is 0 Å². The second kappa shape index (κ2) is 6.50. The van der Waals surface area contributed by atoms with Crippen LogP contribution in [0.2, 0.25) is 0 Å². The lowest BCUT2D eigenvalue weighted by atomic mass is 10.1. The number of hydrogen-bond acceptors (Lipinski definition) is 3. The van der Waals surface area contributed by atoms with Crippen LogP contribution in [0.3, 0.4) is 0 Å². The summed E-state index contributed by atoms with van der Waals surface area (Å²) in [7, 11) is -2.89. The van der Waals surface area contributed by atoms with E-state index in [4.69, 9.17) is 5.21 Å². The first-order chi connectivity index (χ1) is 10.4. The molecule has 4 heteroatoms. The number of hydrogen-bond donors (Lipinski definition) is 1. The van der Waals surface area contributed by atoms with Crippen LogP contribution in [0, 0.1) is 0 Å². The number of rotatable bonds is 5. The lowest BCUT2D eigenvalue weighted by Gasteiger charge is -2.35. The van der Waals surface area contributed by atoms with E-state index in [0.29, 0.717) is 12.1 Å². The summed E-state index contributed by atoms with van der Waals surface area (Å²) >= 11 is 0. The smallest absolute Gasteiger partial charge is 0.148 e. The Kier molecular flexibility index (Phi) is 4.87. The maximum Gasteiger partial charge on any atom is 0.148 e. The van der Waals surface area contributed by atoms with E-state index in [1.54, 1.807) is 6.92 Å². The summed E-state index contributed by atoms with van der Waals surface area (Å²) in [6.07, 6.45) is 0.463. The van der Waals surface area contributed by atoms with Gasteiger partial charge in [-0.2, -0.15) is 0 Å². The van der Waals surface area contributed by atoms with E-state index in [-0.39, 0.29) is 0 Å². The van der Waals surface area contributed by atoms with Crippen LogP contribution in [0.5, 0.6) is 0 Å². The molecule has 0 unspecified atom stereocenters. The maximum atomic E-state index is 14.2. The van der Waals surface area contributed by atoms with Gasteiger partial charge in [-0.3, -0.25) is 0 Å². The molecule has 0 fully saturated rings. The summed E-state index contributed by atoms with van der Waals surface area (Å²) < 4.78 is 14.2. The minimum absolute atomic E-state index is 0.463. The van der Waals surface area contributed by atoms with Crippen molar-refractivity contribution in [3.05, 3.63) is 60.7 Å². The zero-order valence-corrected chi connectivity index (χ0v) is 14.1. The second-order valence-electron chi connectivity index (χ2n) is 6.10. The SMILES string of the molecule is CC(CC(C)(C)P(=O)(c1ccccc1)c1ccccc1)=NO. The number of benzene rings is 2. The van der Waals surface area contributed by atoms with Gasteiger partial charge in [0, 0.05) is 22.2 Å². The fraction of sp³-hybridized carbons (Fsp3) is 0.278. The van der Waals surface area contributed by atoms with Crippen LogP contribution in [0.4, 0.5) is 0 Å². The Morgan fingerprint density at radius 1 is 1.00 bits per heavy atom. The van der Waals surface area contributed by atoms with Crippen molar-refractivity contribution < 1.29 is 9.77 Å². The molecule has 0 aliphatic rings. The van der Waals surface area contributed by atoms with Gasteiger partial charge in [0.2, 0.25) is 0 Å². The van der Waals surface area contributed by atoms with E-state index in [1.165, 1.54) is 0 Å². The van der Waals surface area contributed by atoms with Crippen LogP contribution < -0.4 is 10.6 Å². The summed E-state index contributed by atoms with van der Waals surface area (Å²) in [6, 6.07) is 19.2. The van der Waals surface area contributed by atoms with Crippen LogP contribution in [0.1, 0.15) is 27.2 Å². The molecule has 0 aliphatic heterocycles. The molecule has 0 spiro atoms. The van der Waals surface area contributed by atoms with Gasteiger partial charge in [0.1, 0.15) is 7.14 Å². The molecular formula is C18H22NO2P. The molecule has 0 heterocycles. The summed E-state index contributed by atoms with van der Waals surface area (Å²) in [5.41, 5.74) is 0.581. The molecule has 0 amide bonds. The third kappa shape index (κ3) is 3.00. The molecule has 0 atom stereocenters. The van der Waals surface area contributed by atoms with Gasteiger partial charge in [-0.05, 0) is 6.92 Å². The van der Waals surface area contributed by atoms with Gasteiger partial charge in [-0.1, -0.05) is 79.7 Å². The predicted molar refractivity (Wildman–Crippen MR) is 93.4 cm³/mol. The minimum Gasteiger partial charge on any atom is -0.411 e. The Labute approximate surface area is 132 Å². The molecule has 116 valence electrons. The van der Waals surface area contributed by atoms with Crippen molar-refractivity contribution in [2.24, 2.45) is 5.16 Å². The fourth-order valence-corrected chi connectivity index (χ4v) is 6.23. The van der Waals surface area contributed by atoms with E-state index in [1.807, 2.05) is 74.5 Å². The highest BCUT2D eigenvalue weighted by atomic mass is 31.2. The highest BCUT2D eigenvalue weighted by Crippen LogP contribution is 2.57. The summed E-state index contributed by atoms with van der Waals surface area (Å²) in [4.78, 5) is 0. The van der Waals surface area contributed by atoms with Gasteiger partial charge < -0.3 is 9.77 Å².